The number of aromatic amines is 1. The van der Waals surface area contributed by atoms with Crippen LogP contribution in [-0.2, 0) is 0 Å². The SMILES string of the molecule is O=c1c[n+](-c2ccc(C3=NNC(c4cccs4)C3)cc2)[nH]o1. The summed E-state index contributed by atoms with van der Waals surface area (Å²) >= 11 is 1.74. The van der Waals surface area contributed by atoms with Gasteiger partial charge in [0.05, 0.1) is 11.8 Å². The lowest BCUT2D eigenvalue weighted by Gasteiger charge is -2.06. The van der Waals surface area contributed by atoms with Crippen molar-refractivity contribution in [2.45, 2.75) is 12.5 Å². The van der Waals surface area contributed by atoms with E-state index in [4.69, 9.17) is 0 Å². The summed E-state index contributed by atoms with van der Waals surface area (Å²) in [6.07, 6.45) is 2.23. The molecule has 4 rings (SSSR count). The van der Waals surface area contributed by atoms with Gasteiger partial charge in [-0.15, -0.1) is 11.3 Å². The average Bonchev–Trinajstić information content (AvgIpc) is 3.28. The van der Waals surface area contributed by atoms with Crippen molar-refractivity contribution >= 4 is 17.0 Å². The molecule has 22 heavy (non-hydrogen) atoms. The third kappa shape index (κ3) is 2.35. The van der Waals surface area contributed by atoms with Crippen LogP contribution < -0.4 is 15.7 Å². The number of nitrogens with one attached hydrogen (secondary N) is 2. The largest absolute Gasteiger partial charge is 0.427 e. The highest BCUT2D eigenvalue weighted by atomic mass is 32.1. The highest BCUT2D eigenvalue weighted by Crippen LogP contribution is 2.27. The van der Waals surface area contributed by atoms with Crippen molar-refractivity contribution in [2.75, 3.05) is 0 Å². The highest BCUT2D eigenvalue weighted by Gasteiger charge is 2.22. The lowest BCUT2D eigenvalue weighted by atomic mass is 10.0. The summed E-state index contributed by atoms with van der Waals surface area (Å²) in [5.74, 6) is 0. The number of benzene rings is 1. The maximum absolute atomic E-state index is 11.0. The van der Waals surface area contributed by atoms with Crippen molar-refractivity contribution in [3.05, 3.63) is 68.8 Å². The Morgan fingerprint density at radius 3 is 2.82 bits per heavy atom. The fraction of sp³-hybridized carbons (Fsp3) is 0.133. The molecular weight excluding hydrogens is 300 g/mol. The fourth-order valence-electron chi connectivity index (χ4n) is 2.47. The Bertz CT molecular complexity index is 862. The zero-order valence-corrected chi connectivity index (χ0v) is 12.3. The van der Waals surface area contributed by atoms with Gasteiger partial charge >= 0.3 is 5.63 Å². The Labute approximate surface area is 129 Å². The molecule has 0 saturated carbocycles. The van der Waals surface area contributed by atoms with E-state index >= 15 is 0 Å². The van der Waals surface area contributed by atoms with Gasteiger partial charge in [0.2, 0.25) is 5.69 Å². The first-order chi connectivity index (χ1) is 10.8. The first-order valence-electron chi connectivity index (χ1n) is 6.86. The summed E-state index contributed by atoms with van der Waals surface area (Å²) in [4.78, 5) is 12.3. The van der Waals surface area contributed by atoms with Gasteiger partial charge in [0.25, 0.3) is 6.20 Å². The normalized spacial score (nSPS) is 17.3. The number of hydrazone groups is 1. The minimum absolute atomic E-state index is 0.259. The van der Waals surface area contributed by atoms with E-state index in [-0.39, 0.29) is 6.04 Å². The van der Waals surface area contributed by atoms with Gasteiger partial charge in [-0.3, -0.25) is 4.52 Å². The van der Waals surface area contributed by atoms with E-state index in [2.05, 4.69) is 37.8 Å². The van der Waals surface area contributed by atoms with Crippen LogP contribution in [0.1, 0.15) is 22.9 Å². The van der Waals surface area contributed by atoms with E-state index in [1.807, 2.05) is 24.3 Å². The Kier molecular flexibility index (Phi) is 3.12. The van der Waals surface area contributed by atoms with Crippen molar-refractivity contribution in [1.29, 1.82) is 0 Å². The fourth-order valence-corrected chi connectivity index (χ4v) is 3.24. The van der Waals surface area contributed by atoms with Crippen molar-refractivity contribution in [3.63, 3.8) is 0 Å². The van der Waals surface area contributed by atoms with E-state index in [0.717, 1.165) is 23.4 Å². The molecule has 1 unspecified atom stereocenters. The summed E-state index contributed by atoms with van der Waals surface area (Å²) in [5.41, 5.74) is 5.72. The number of hydrogen-bond donors (Lipinski definition) is 2. The zero-order valence-electron chi connectivity index (χ0n) is 11.5. The van der Waals surface area contributed by atoms with Crippen molar-refractivity contribution in [1.82, 2.24) is 10.7 Å². The minimum Gasteiger partial charge on any atom is -0.301 e. The molecule has 3 aromatic rings. The molecule has 0 bridgehead atoms. The van der Waals surface area contributed by atoms with Crippen molar-refractivity contribution in [2.24, 2.45) is 5.10 Å². The molecule has 2 aromatic heterocycles. The monoisotopic (exact) mass is 313 g/mol. The molecule has 0 amide bonds. The van der Waals surface area contributed by atoms with Crippen molar-refractivity contribution < 1.29 is 9.20 Å². The molecule has 6 nitrogen and oxygen atoms in total. The smallest absolute Gasteiger partial charge is 0.301 e. The third-order valence-electron chi connectivity index (χ3n) is 3.60. The molecule has 1 aromatic carbocycles. The predicted molar refractivity (Wildman–Crippen MR) is 82.2 cm³/mol. The second kappa shape index (κ2) is 5.27. The Hall–Kier alpha value is -2.67. The van der Waals surface area contributed by atoms with Crippen LogP contribution in [0, 0.1) is 0 Å². The zero-order chi connectivity index (χ0) is 14.9. The number of aromatic nitrogens is 2. The number of thiophene rings is 1. The molecule has 0 spiro atoms. The molecule has 0 saturated heterocycles. The van der Waals surface area contributed by atoms with E-state index in [1.54, 1.807) is 11.3 Å². The molecule has 3 heterocycles. The molecule has 7 heteroatoms. The third-order valence-corrected chi connectivity index (χ3v) is 4.58. The van der Waals surface area contributed by atoms with E-state index in [0.29, 0.717) is 0 Å². The standard InChI is InChI=1S/C15H12N4O2S/c20-15-9-19(18-21-15)11-5-3-10(4-6-11)12-8-13(17-16-12)14-2-1-7-22-14/h1-7,9,13H,8H2,(H-,17,18,20)/p+1. The number of nitrogens with zero attached hydrogens (tertiary/aromatic N) is 2. The lowest BCUT2D eigenvalue weighted by molar-refractivity contribution is -0.670. The van der Waals surface area contributed by atoms with Gasteiger partial charge in [0, 0.05) is 23.4 Å². The quantitative estimate of drug-likeness (QED) is 0.723. The van der Waals surface area contributed by atoms with Gasteiger partial charge in [0.1, 0.15) is 0 Å². The number of H-pyrrole nitrogens is 1. The summed E-state index contributed by atoms with van der Waals surface area (Å²) in [6, 6.07) is 12.3. The van der Waals surface area contributed by atoms with Gasteiger partial charge in [0.15, 0.2) is 0 Å². The van der Waals surface area contributed by atoms with Gasteiger partial charge in [-0.1, -0.05) is 6.07 Å². The summed E-state index contributed by atoms with van der Waals surface area (Å²) in [5, 5.41) is 9.04. The van der Waals surface area contributed by atoms with Crippen LogP contribution in [0.5, 0.6) is 0 Å². The molecular formula is C15H13N4O2S+. The predicted octanol–water partition coefficient (Wildman–Crippen LogP) is 1.74. The second-order valence-corrected chi connectivity index (χ2v) is 6.00. The van der Waals surface area contributed by atoms with Crippen LogP contribution in [0.2, 0.25) is 0 Å². The van der Waals surface area contributed by atoms with Crippen LogP contribution in [0.15, 0.2) is 62.4 Å². The van der Waals surface area contributed by atoms with Crippen LogP contribution in [0.25, 0.3) is 5.69 Å². The highest BCUT2D eigenvalue weighted by molar-refractivity contribution is 7.10. The first kappa shape index (κ1) is 13.0. The van der Waals surface area contributed by atoms with Crippen LogP contribution >= 0.6 is 11.3 Å². The van der Waals surface area contributed by atoms with E-state index in [9.17, 15) is 4.79 Å². The molecule has 1 atom stereocenters. The van der Waals surface area contributed by atoms with Crippen LogP contribution in [-0.4, -0.2) is 11.0 Å². The topological polar surface area (TPSA) is 74.3 Å². The van der Waals surface area contributed by atoms with Gasteiger partial charge in [-0.05, 0) is 39.1 Å². The van der Waals surface area contributed by atoms with Gasteiger partial charge in [-0.2, -0.15) is 5.10 Å². The van der Waals surface area contributed by atoms with Gasteiger partial charge in [-0.25, -0.2) is 4.79 Å². The summed E-state index contributed by atoms with van der Waals surface area (Å²) in [6.45, 7) is 0. The lowest BCUT2D eigenvalue weighted by Crippen LogP contribution is -2.32. The Morgan fingerprint density at radius 1 is 1.27 bits per heavy atom. The molecule has 110 valence electrons. The Morgan fingerprint density at radius 2 is 2.14 bits per heavy atom. The van der Waals surface area contributed by atoms with E-state index < -0.39 is 5.63 Å². The maximum atomic E-state index is 11.0. The minimum atomic E-state index is -0.410. The van der Waals surface area contributed by atoms with Crippen LogP contribution in [0.4, 0.5) is 0 Å². The Balaban J connectivity index is 1.53. The van der Waals surface area contributed by atoms with Gasteiger partial charge < -0.3 is 5.43 Å². The van der Waals surface area contributed by atoms with Crippen molar-refractivity contribution in [3.8, 4) is 5.69 Å². The maximum Gasteiger partial charge on any atom is 0.427 e. The molecule has 2 N–H and O–H groups in total. The first-order valence-corrected chi connectivity index (χ1v) is 7.74. The average molecular weight is 313 g/mol. The molecule has 1 aliphatic rings. The molecule has 0 radical (unpaired) electrons. The summed E-state index contributed by atoms with van der Waals surface area (Å²) < 4.78 is 6.19. The number of rotatable bonds is 3. The molecule has 0 fully saturated rings. The molecule has 0 aliphatic carbocycles. The second-order valence-electron chi connectivity index (χ2n) is 5.02. The van der Waals surface area contributed by atoms with E-state index in [1.165, 1.54) is 15.8 Å². The van der Waals surface area contributed by atoms with Crippen LogP contribution in [0.3, 0.4) is 0 Å². The number of hydrogen-bond acceptors (Lipinski definition) is 5. The molecule has 1 aliphatic heterocycles. The summed E-state index contributed by atoms with van der Waals surface area (Å²) in [7, 11) is 0.